The number of hydrogen-bond donors (Lipinski definition) is 1. The molecule has 0 aliphatic heterocycles. The number of hydrogen-bond acceptors (Lipinski definition) is 3. The van der Waals surface area contributed by atoms with E-state index in [4.69, 9.17) is 21.1 Å². The van der Waals surface area contributed by atoms with Gasteiger partial charge in [0.2, 0.25) is 0 Å². The van der Waals surface area contributed by atoms with E-state index in [9.17, 15) is 0 Å². The number of unbranched alkanes of at least 4 members (excludes halogenated alkanes) is 1. The van der Waals surface area contributed by atoms with E-state index in [-0.39, 0.29) is 12.4 Å². The van der Waals surface area contributed by atoms with Crippen molar-refractivity contribution >= 4 is 24.0 Å². The molecule has 104 valence electrons. The van der Waals surface area contributed by atoms with Crippen molar-refractivity contribution in [2.75, 3.05) is 20.8 Å². The monoisotopic (exact) mass is 293 g/mol. The lowest BCUT2D eigenvalue weighted by Gasteiger charge is -2.12. The average molecular weight is 294 g/mol. The Kier molecular flexibility index (Phi) is 8.98. The van der Waals surface area contributed by atoms with Crippen LogP contribution in [0.15, 0.2) is 12.1 Å². The van der Waals surface area contributed by atoms with Crippen molar-refractivity contribution < 1.29 is 9.47 Å². The molecular formula is C13H21Cl2NO2. The normalized spacial score (nSPS) is 9.78. The molecule has 1 aromatic carbocycles. The molecule has 1 N–H and O–H groups in total. The van der Waals surface area contributed by atoms with Crippen molar-refractivity contribution in [3.8, 4) is 11.5 Å². The fourth-order valence-corrected chi connectivity index (χ4v) is 1.92. The summed E-state index contributed by atoms with van der Waals surface area (Å²) < 4.78 is 10.4. The van der Waals surface area contributed by atoms with E-state index < -0.39 is 0 Å². The zero-order valence-corrected chi connectivity index (χ0v) is 12.7. The highest BCUT2D eigenvalue weighted by Gasteiger charge is 2.10. The van der Waals surface area contributed by atoms with Crippen LogP contribution in [0.1, 0.15) is 25.3 Å². The molecule has 0 atom stereocenters. The molecule has 0 unspecified atom stereocenters. The Balaban J connectivity index is 0.00000289. The third-order valence-electron chi connectivity index (χ3n) is 2.53. The fraction of sp³-hybridized carbons (Fsp3) is 0.538. The number of benzene rings is 1. The second kappa shape index (κ2) is 9.31. The Morgan fingerprint density at radius 3 is 2.50 bits per heavy atom. The average Bonchev–Trinajstić information content (AvgIpc) is 2.34. The second-order valence-corrected chi connectivity index (χ2v) is 4.25. The SMILES string of the molecule is CCCCNCc1cc(Cl)c(OC)c(OC)c1.Cl. The van der Waals surface area contributed by atoms with Crippen LogP contribution in [0.5, 0.6) is 11.5 Å². The highest BCUT2D eigenvalue weighted by atomic mass is 35.5. The first-order valence-electron chi connectivity index (χ1n) is 5.84. The smallest absolute Gasteiger partial charge is 0.179 e. The summed E-state index contributed by atoms with van der Waals surface area (Å²) in [5.74, 6) is 1.26. The number of methoxy groups -OCH3 is 2. The van der Waals surface area contributed by atoms with Crippen molar-refractivity contribution in [1.29, 1.82) is 0 Å². The third-order valence-corrected chi connectivity index (χ3v) is 2.81. The van der Waals surface area contributed by atoms with Gasteiger partial charge in [0.15, 0.2) is 11.5 Å². The van der Waals surface area contributed by atoms with Gasteiger partial charge in [-0.2, -0.15) is 0 Å². The topological polar surface area (TPSA) is 30.5 Å². The highest BCUT2D eigenvalue weighted by molar-refractivity contribution is 6.32. The van der Waals surface area contributed by atoms with Gasteiger partial charge < -0.3 is 14.8 Å². The molecule has 0 amide bonds. The van der Waals surface area contributed by atoms with Gasteiger partial charge in [-0.25, -0.2) is 0 Å². The molecule has 18 heavy (non-hydrogen) atoms. The van der Waals surface area contributed by atoms with Crippen molar-refractivity contribution in [3.63, 3.8) is 0 Å². The highest BCUT2D eigenvalue weighted by Crippen LogP contribution is 2.35. The lowest BCUT2D eigenvalue weighted by atomic mass is 10.2. The van der Waals surface area contributed by atoms with Crippen molar-refractivity contribution in [1.82, 2.24) is 5.32 Å². The Hall–Kier alpha value is -0.640. The zero-order chi connectivity index (χ0) is 12.7. The molecule has 0 aromatic heterocycles. The summed E-state index contributed by atoms with van der Waals surface area (Å²) in [6, 6.07) is 3.85. The third kappa shape index (κ3) is 4.92. The van der Waals surface area contributed by atoms with Gasteiger partial charge in [-0.05, 0) is 30.7 Å². The maximum Gasteiger partial charge on any atom is 0.179 e. The number of nitrogens with one attached hydrogen (secondary N) is 1. The molecule has 0 fully saturated rings. The Morgan fingerprint density at radius 1 is 1.22 bits per heavy atom. The van der Waals surface area contributed by atoms with Crippen LogP contribution in [0.25, 0.3) is 0 Å². The minimum absolute atomic E-state index is 0. The predicted octanol–water partition coefficient (Wildman–Crippen LogP) is 3.67. The minimum Gasteiger partial charge on any atom is -0.493 e. The minimum atomic E-state index is 0. The van der Waals surface area contributed by atoms with E-state index in [0.29, 0.717) is 16.5 Å². The number of halogens is 2. The van der Waals surface area contributed by atoms with Crippen LogP contribution in [-0.4, -0.2) is 20.8 Å². The van der Waals surface area contributed by atoms with Gasteiger partial charge in [0.05, 0.1) is 19.2 Å². The van der Waals surface area contributed by atoms with Crippen molar-refractivity contribution in [3.05, 3.63) is 22.7 Å². The van der Waals surface area contributed by atoms with Crippen LogP contribution in [0.4, 0.5) is 0 Å². The van der Waals surface area contributed by atoms with Gasteiger partial charge in [0, 0.05) is 6.54 Å². The second-order valence-electron chi connectivity index (χ2n) is 3.84. The molecule has 1 rings (SSSR count). The Morgan fingerprint density at radius 2 is 1.94 bits per heavy atom. The van der Waals surface area contributed by atoms with Gasteiger partial charge in [-0.1, -0.05) is 24.9 Å². The summed E-state index contributed by atoms with van der Waals surface area (Å²) in [5.41, 5.74) is 1.10. The number of ether oxygens (including phenoxy) is 2. The van der Waals surface area contributed by atoms with Gasteiger partial charge in [-0.3, -0.25) is 0 Å². The first-order valence-corrected chi connectivity index (χ1v) is 6.21. The van der Waals surface area contributed by atoms with Crippen molar-refractivity contribution in [2.24, 2.45) is 0 Å². The van der Waals surface area contributed by atoms with Gasteiger partial charge >= 0.3 is 0 Å². The quantitative estimate of drug-likeness (QED) is 0.778. The van der Waals surface area contributed by atoms with E-state index in [2.05, 4.69) is 12.2 Å². The van der Waals surface area contributed by atoms with E-state index in [1.807, 2.05) is 12.1 Å². The Bertz CT molecular complexity index is 359. The summed E-state index contributed by atoms with van der Waals surface area (Å²) in [5, 5.41) is 3.95. The van der Waals surface area contributed by atoms with E-state index in [1.165, 1.54) is 12.8 Å². The van der Waals surface area contributed by atoms with E-state index >= 15 is 0 Å². The van der Waals surface area contributed by atoms with Crippen LogP contribution < -0.4 is 14.8 Å². The van der Waals surface area contributed by atoms with Crippen LogP contribution in [0.3, 0.4) is 0 Å². The molecule has 0 bridgehead atoms. The molecule has 0 spiro atoms. The molecule has 0 saturated carbocycles. The molecule has 0 heterocycles. The molecule has 5 heteroatoms. The molecule has 3 nitrogen and oxygen atoms in total. The predicted molar refractivity (Wildman–Crippen MR) is 78.4 cm³/mol. The maximum absolute atomic E-state index is 6.12. The lowest BCUT2D eigenvalue weighted by Crippen LogP contribution is -2.14. The fourth-order valence-electron chi connectivity index (χ4n) is 1.61. The first-order chi connectivity index (χ1) is 8.22. The van der Waals surface area contributed by atoms with Crippen LogP contribution in [0.2, 0.25) is 5.02 Å². The first kappa shape index (κ1) is 17.4. The van der Waals surface area contributed by atoms with Gasteiger partial charge in [0.1, 0.15) is 0 Å². The van der Waals surface area contributed by atoms with Gasteiger partial charge in [-0.15, -0.1) is 12.4 Å². The van der Waals surface area contributed by atoms with E-state index in [0.717, 1.165) is 18.7 Å². The van der Waals surface area contributed by atoms with E-state index in [1.54, 1.807) is 14.2 Å². The molecule has 0 aliphatic carbocycles. The molecule has 0 radical (unpaired) electrons. The molecular weight excluding hydrogens is 273 g/mol. The maximum atomic E-state index is 6.12. The summed E-state index contributed by atoms with van der Waals surface area (Å²) in [7, 11) is 3.20. The lowest BCUT2D eigenvalue weighted by molar-refractivity contribution is 0.354. The summed E-state index contributed by atoms with van der Waals surface area (Å²) in [4.78, 5) is 0. The Labute approximate surface area is 120 Å². The summed E-state index contributed by atoms with van der Waals surface area (Å²) in [6.07, 6.45) is 2.38. The van der Waals surface area contributed by atoms with Crippen molar-refractivity contribution in [2.45, 2.75) is 26.3 Å². The largest absolute Gasteiger partial charge is 0.493 e. The number of rotatable bonds is 7. The van der Waals surface area contributed by atoms with Gasteiger partial charge in [0.25, 0.3) is 0 Å². The standard InChI is InChI=1S/C13H20ClNO2.ClH/c1-4-5-6-15-9-10-7-11(14)13(17-3)12(8-10)16-2;/h7-8,15H,4-6,9H2,1-3H3;1H. The summed E-state index contributed by atoms with van der Waals surface area (Å²) >= 11 is 6.12. The zero-order valence-electron chi connectivity index (χ0n) is 11.1. The molecule has 0 saturated heterocycles. The van der Waals surface area contributed by atoms with Crippen LogP contribution in [0, 0.1) is 0 Å². The van der Waals surface area contributed by atoms with Crippen LogP contribution in [-0.2, 0) is 6.54 Å². The van der Waals surface area contributed by atoms with Crippen LogP contribution >= 0.6 is 24.0 Å². The molecule has 0 aliphatic rings. The summed E-state index contributed by atoms with van der Waals surface area (Å²) in [6.45, 7) is 3.98. The molecule has 1 aromatic rings.